The third-order valence-electron chi connectivity index (χ3n) is 0.647. The van der Waals surface area contributed by atoms with Crippen LogP contribution in [-0.2, 0) is 11.2 Å². The summed E-state index contributed by atoms with van der Waals surface area (Å²) in [5.74, 6) is 0.657. The summed E-state index contributed by atoms with van der Waals surface area (Å²) in [4.78, 5) is 0. The summed E-state index contributed by atoms with van der Waals surface area (Å²) in [7, 11) is 0. The first-order valence-corrected chi connectivity index (χ1v) is 4.01. The lowest BCUT2D eigenvalue weighted by Crippen LogP contribution is -2.12. The Labute approximate surface area is 52.2 Å². The summed E-state index contributed by atoms with van der Waals surface area (Å²) in [6.45, 7) is 3.59. The van der Waals surface area contributed by atoms with Gasteiger partial charge in [0.05, 0.1) is 0 Å². The van der Waals surface area contributed by atoms with Gasteiger partial charge in [-0.2, -0.15) is 0 Å². The first-order valence-electron chi connectivity index (χ1n) is 2.19. The largest absolute Gasteiger partial charge is 0.615 e. The molecule has 0 aromatic carbocycles. The molecule has 0 radical (unpaired) electrons. The molecule has 0 spiro atoms. The van der Waals surface area contributed by atoms with E-state index in [-0.39, 0.29) is 4.71 Å². The summed E-state index contributed by atoms with van der Waals surface area (Å²) < 4.78 is 10.3. The van der Waals surface area contributed by atoms with E-state index in [1.807, 2.05) is 6.92 Å². The lowest BCUT2D eigenvalue weighted by molar-refractivity contribution is 0.594. The Kier molecular flexibility index (Phi) is 3.89. The number of halogens is 1. The Balaban J connectivity index is 3.14. The molecule has 44 valence electrons. The molecule has 0 amide bonds. The van der Waals surface area contributed by atoms with Crippen LogP contribution in [0.15, 0.2) is 0 Å². The fourth-order valence-corrected chi connectivity index (χ4v) is 1.07. The van der Waals surface area contributed by atoms with Gasteiger partial charge in [-0.15, -0.1) is 0 Å². The zero-order valence-electron chi connectivity index (χ0n) is 4.48. The molecule has 0 heterocycles. The number of hydrogen-bond donors (Lipinski definition) is 0. The van der Waals surface area contributed by atoms with Gasteiger partial charge in [0, 0.05) is 0 Å². The average Bonchev–Trinajstić information content (AvgIpc) is 1.65. The van der Waals surface area contributed by atoms with Crippen LogP contribution >= 0.6 is 11.6 Å². The quantitative estimate of drug-likeness (QED) is 0.420. The van der Waals surface area contributed by atoms with Gasteiger partial charge in [0.1, 0.15) is 5.75 Å². The minimum atomic E-state index is -0.813. The molecule has 0 aliphatic heterocycles. The van der Waals surface area contributed by atoms with Crippen LogP contribution < -0.4 is 0 Å². The smallest absolute Gasteiger partial charge is 0.185 e. The van der Waals surface area contributed by atoms with Crippen molar-refractivity contribution >= 4 is 22.8 Å². The van der Waals surface area contributed by atoms with Crippen LogP contribution in [0.25, 0.3) is 0 Å². The molecule has 3 heteroatoms. The van der Waals surface area contributed by atoms with E-state index < -0.39 is 11.2 Å². The van der Waals surface area contributed by atoms with Crippen molar-refractivity contribution in [2.75, 3.05) is 5.75 Å². The van der Waals surface area contributed by atoms with Crippen molar-refractivity contribution in [1.82, 2.24) is 0 Å². The van der Waals surface area contributed by atoms with Gasteiger partial charge in [-0.3, -0.25) is 0 Å². The summed E-state index contributed by atoms with van der Waals surface area (Å²) in [5.41, 5.74) is 0. The van der Waals surface area contributed by atoms with Crippen LogP contribution in [0, 0.1) is 0 Å². The Hall–Kier alpha value is 0.600. The van der Waals surface area contributed by atoms with Crippen LogP contribution in [0.3, 0.4) is 0 Å². The Morgan fingerprint density at radius 1 is 1.86 bits per heavy atom. The van der Waals surface area contributed by atoms with Gasteiger partial charge in [0.15, 0.2) is 4.71 Å². The second-order valence-corrected chi connectivity index (χ2v) is 4.17. The molecular formula is C4H9ClOS. The zero-order valence-corrected chi connectivity index (χ0v) is 6.05. The van der Waals surface area contributed by atoms with Gasteiger partial charge in [-0.1, -0.05) is 11.6 Å². The molecule has 2 atom stereocenters. The van der Waals surface area contributed by atoms with Crippen LogP contribution in [-0.4, -0.2) is 15.0 Å². The molecule has 0 saturated heterocycles. The average molecular weight is 141 g/mol. The predicted molar refractivity (Wildman–Crippen MR) is 34.0 cm³/mol. The lowest BCUT2D eigenvalue weighted by atomic mass is 10.9. The maximum Gasteiger partial charge on any atom is 0.185 e. The summed E-state index contributed by atoms with van der Waals surface area (Å²) >= 11 is 4.61. The van der Waals surface area contributed by atoms with E-state index in [2.05, 4.69) is 0 Å². The van der Waals surface area contributed by atoms with E-state index in [1.165, 1.54) is 0 Å². The molecule has 0 N–H and O–H groups in total. The minimum absolute atomic E-state index is 0.190. The molecule has 0 aliphatic rings. The summed E-state index contributed by atoms with van der Waals surface area (Å²) in [6, 6.07) is 0. The Morgan fingerprint density at radius 3 is 2.29 bits per heavy atom. The molecule has 0 rings (SSSR count). The van der Waals surface area contributed by atoms with E-state index in [4.69, 9.17) is 11.6 Å². The zero-order chi connectivity index (χ0) is 5.86. The van der Waals surface area contributed by atoms with Crippen molar-refractivity contribution in [3.63, 3.8) is 0 Å². The van der Waals surface area contributed by atoms with Crippen molar-refractivity contribution < 1.29 is 4.55 Å². The molecule has 0 saturated carbocycles. The van der Waals surface area contributed by atoms with Gasteiger partial charge >= 0.3 is 0 Å². The SMILES string of the molecule is CC[S+]([O-])C(C)Cl. The topological polar surface area (TPSA) is 23.1 Å². The van der Waals surface area contributed by atoms with Crippen LogP contribution in [0.5, 0.6) is 0 Å². The Morgan fingerprint density at radius 2 is 2.29 bits per heavy atom. The van der Waals surface area contributed by atoms with Crippen molar-refractivity contribution in [1.29, 1.82) is 0 Å². The van der Waals surface area contributed by atoms with Crippen LogP contribution in [0.4, 0.5) is 0 Å². The van der Waals surface area contributed by atoms with E-state index in [1.54, 1.807) is 6.92 Å². The molecular weight excluding hydrogens is 132 g/mol. The van der Waals surface area contributed by atoms with Gasteiger partial charge in [0.2, 0.25) is 0 Å². The highest BCUT2D eigenvalue weighted by atomic mass is 35.5. The first-order chi connectivity index (χ1) is 3.18. The summed E-state index contributed by atoms with van der Waals surface area (Å²) in [5, 5.41) is 0. The third kappa shape index (κ3) is 3.21. The predicted octanol–water partition coefficient (Wildman–Crippen LogP) is 1.34. The van der Waals surface area contributed by atoms with Crippen molar-refractivity contribution in [2.45, 2.75) is 18.6 Å². The Bertz CT molecular complexity index is 49.0. The van der Waals surface area contributed by atoms with E-state index in [0.29, 0.717) is 5.75 Å². The first kappa shape index (κ1) is 7.60. The number of alkyl halides is 1. The van der Waals surface area contributed by atoms with Crippen molar-refractivity contribution in [3.8, 4) is 0 Å². The molecule has 0 fully saturated rings. The third-order valence-corrected chi connectivity index (χ3v) is 2.54. The lowest BCUT2D eigenvalue weighted by Gasteiger charge is -2.08. The molecule has 0 bridgehead atoms. The molecule has 1 nitrogen and oxygen atoms in total. The molecule has 2 unspecified atom stereocenters. The molecule has 0 aromatic rings. The van der Waals surface area contributed by atoms with Gasteiger partial charge in [-0.25, -0.2) is 0 Å². The van der Waals surface area contributed by atoms with Gasteiger partial charge in [-0.05, 0) is 25.0 Å². The van der Waals surface area contributed by atoms with Crippen molar-refractivity contribution in [2.24, 2.45) is 0 Å². The molecule has 0 aliphatic carbocycles. The highest BCUT2D eigenvalue weighted by Gasteiger charge is 2.08. The highest BCUT2D eigenvalue weighted by molar-refractivity contribution is 7.93. The monoisotopic (exact) mass is 140 g/mol. The highest BCUT2D eigenvalue weighted by Crippen LogP contribution is 2.04. The molecule has 7 heavy (non-hydrogen) atoms. The number of rotatable bonds is 2. The van der Waals surface area contributed by atoms with E-state index in [9.17, 15) is 4.55 Å². The van der Waals surface area contributed by atoms with Crippen LogP contribution in [0.2, 0.25) is 0 Å². The van der Waals surface area contributed by atoms with Gasteiger partial charge in [0.25, 0.3) is 0 Å². The van der Waals surface area contributed by atoms with E-state index >= 15 is 0 Å². The summed E-state index contributed by atoms with van der Waals surface area (Å²) in [6.07, 6.45) is 0. The molecule has 0 aromatic heterocycles. The van der Waals surface area contributed by atoms with E-state index in [0.717, 1.165) is 0 Å². The van der Waals surface area contributed by atoms with Gasteiger partial charge < -0.3 is 4.55 Å². The second kappa shape index (κ2) is 3.58. The normalized spacial score (nSPS) is 18.9. The maximum absolute atomic E-state index is 10.5. The fourth-order valence-electron chi connectivity index (χ4n) is 0.230. The second-order valence-electron chi connectivity index (χ2n) is 1.21. The van der Waals surface area contributed by atoms with Crippen molar-refractivity contribution in [3.05, 3.63) is 0 Å². The standard InChI is InChI=1S/C4H9ClOS/c1-3-7(6)4(2)5/h4H,3H2,1-2H3. The minimum Gasteiger partial charge on any atom is -0.615 e. The maximum atomic E-state index is 10.5. The van der Waals surface area contributed by atoms with Crippen LogP contribution in [0.1, 0.15) is 13.8 Å². The fraction of sp³-hybridized carbons (Fsp3) is 1.00. The number of hydrogen-bond acceptors (Lipinski definition) is 1.